The van der Waals surface area contributed by atoms with Crippen molar-refractivity contribution < 1.29 is 28.6 Å². The molecule has 0 spiro atoms. The highest BCUT2D eigenvalue weighted by atomic mass is 16.6. The summed E-state index contributed by atoms with van der Waals surface area (Å²) in [5.41, 5.74) is 0. The van der Waals surface area contributed by atoms with Crippen LogP contribution in [0.15, 0.2) is 85.1 Å². The molecule has 1 unspecified atom stereocenters. The normalized spacial score (nSPS) is 12.8. The lowest BCUT2D eigenvalue weighted by Gasteiger charge is -2.18. The molecule has 348 valence electrons. The van der Waals surface area contributed by atoms with Crippen molar-refractivity contribution in [2.24, 2.45) is 0 Å². The first-order valence-electron chi connectivity index (χ1n) is 25.1. The van der Waals surface area contributed by atoms with Gasteiger partial charge in [0.15, 0.2) is 6.10 Å². The van der Waals surface area contributed by atoms with Gasteiger partial charge in [0.1, 0.15) is 13.2 Å². The van der Waals surface area contributed by atoms with E-state index in [0.29, 0.717) is 19.3 Å². The summed E-state index contributed by atoms with van der Waals surface area (Å²) in [5.74, 6) is -0.951. The van der Waals surface area contributed by atoms with E-state index >= 15 is 0 Å². The van der Waals surface area contributed by atoms with Crippen LogP contribution in [0.1, 0.15) is 226 Å². The average Bonchev–Trinajstić information content (AvgIpc) is 3.26. The van der Waals surface area contributed by atoms with Crippen LogP contribution in [0.2, 0.25) is 0 Å². The summed E-state index contributed by atoms with van der Waals surface area (Å²) in [5, 5.41) is 0. The van der Waals surface area contributed by atoms with Gasteiger partial charge in [-0.05, 0) is 89.9 Å². The Morgan fingerprint density at radius 3 is 1.21 bits per heavy atom. The number of carbonyl (C=O) groups is 3. The third kappa shape index (κ3) is 47.5. The van der Waals surface area contributed by atoms with Gasteiger partial charge in [-0.3, -0.25) is 14.4 Å². The minimum atomic E-state index is -0.796. The molecule has 0 aliphatic rings. The van der Waals surface area contributed by atoms with Crippen LogP contribution in [0.4, 0.5) is 0 Å². The van der Waals surface area contributed by atoms with Crippen LogP contribution in [-0.4, -0.2) is 37.2 Å². The lowest BCUT2D eigenvalue weighted by molar-refractivity contribution is -0.167. The molecule has 0 aromatic carbocycles. The minimum absolute atomic E-state index is 0.0943. The van der Waals surface area contributed by atoms with Crippen LogP contribution in [0.25, 0.3) is 0 Å². The Morgan fingerprint density at radius 1 is 0.361 bits per heavy atom. The number of rotatable bonds is 44. The van der Waals surface area contributed by atoms with E-state index in [0.717, 1.165) is 89.9 Å². The topological polar surface area (TPSA) is 78.9 Å². The zero-order valence-corrected chi connectivity index (χ0v) is 39.7. The highest BCUT2D eigenvalue weighted by Crippen LogP contribution is 2.14. The van der Waals surface area contributed by atoms with E-state index in [1.54, 1.807) is 0 Å². The predicted octanol–water partition coefficient (Wildman–Crippen LogP) is 16.4. The van der Waals surface area contributed by atoms with Crippen molar-refractivity contribution in [3.05, 3.63) is 85.1 Å². The molecule has 0 bridgehead atoms. The fourth-order valence-electron chi connectivity index (χ4n) is 6.70. The van der Waals surface area contributed by atoms with E-state index in [9.17, 15) is 14.4 Å². The number of allylic oxidation sites excluding steroid dienone is 14. The van der Waals surface area contributed by atoms with Crippen molar-refractivity contribution in [3.63, 3.8) is 0 Å². The van der Waals surface area contributed by atoms with E-state index in [-0.39, 0.29) is 31.1 Å². The Bertz CT molecular complexity index is 1200. The Balaban J connectivity index is 4.34. The molecule has 0 heterocycles. The Kier molecular flexibility index (Phi) is 46.5. The summed E-state index contributed by atoms with van der Waals surface area (Å²) < 4.78 is 16.7. The Morgan fingerprint density at radius 2 is 0.721 bits per heavy atom. The number of hydrogen-bond acceptors (Lipinski definition) is 6. The highest BCUT2D eigenvalue weighted by molar-refractivity contribution is 5.71. The van der Waals surface area contributed by atoms with Gasteiger partial charge in [-0.2, -0.15) is 0 Å². The summed E-state index contributed by atoms with van der Waals surface area (Å²) in [6, 6.07) is 0. The molecule has 0 amide bonds. The molecule has 6 nitrogen and oxygen atoms in total. The number of esters is 3. The third-order valence-corrected chi connectivity index (χ3v) is 10.5. The van der Waals surface area contributed by atoms with Crippen molar-refractivity contribution in [1.29, 1.82) is 0 Å². The first-order valence-corrected chi connectivity index (χ1v) is 25.1. The number of unbranched alkanes of at least 4 members (excludes halogenated alkanes) is 22. The highest BCUT2D eigenvalue weighted by Gasteiger charge is 2.19. The first-order chi connectivity index (χ1) is 30.0. The van der Waals surface area contributed by atoms with Gasteiger partial charge < -0.3 is 14.2 Å². The van der Waals surface area contributed by atoms with E-state index in [1.165, 1.54) is 96.3 Å². The summed E-state index contributed by atoms with van der Waals surface area (Å²) in [7, 11) is 0. The maximum Gasteiger partial charge on any atom is 0.306 e. The van der Waals surface area contributed by atoms with Gasteiger partial charge in [-0.15, -0.1) is 0 Å². The maximum absolute atomic E-state index is 12.8. The molecule has 1 atom stereocenters. The fraction of sp³-hybridized carbons (Fsp3) is 0.691. The van der Waals surface area contributed by atoms with Gasteiger partial charge in [0.2, 0.25) is 0 Å². The van der Waals surface area contributed by atoms with Crippen LogP contribution in [0, 0.1) is 0 Å². The minimum Gasteiger partial charge on any atom is -0.462 e. The van der Waals surface area contributed by atoms with Crippen LogP contribution in [0.3, 0.4) is 0 Å². The van der Waals surface area contributed by atoms with Crippen LogP contribution in [0.5, 0.6) is 0 Å². The summed E-state index contributed by atoms with van der Waals surface area (Å²) in [6.45, 7) is 6.31. The average molecular weight is 849 g/mol. The molecule has 61 heavy (non-hydrogen) atoms. The van der Waals surface area contributed by atoms with E-state index in [2.05, 4.69) is 106 Å². The van der Waals surface area contributed by atoms with Crippen LogP contribution < -0.4 is 0 Å². The van der Waals surface area contributed by atoms with Gasteiger partial charge in [0.05, 0.1) is 0 Å². The largest absolute Gasteiger partial charge is 0.462 e. The molecule has 0 rings (SSSR count). The Hall–Kier alpha value is -3.41. The molecule has 0 aromatic heterocycles. The van der Waals surface area contributed by atoms with Gasteiger partial charge >= 0.3 is 17.9 Å². The van der Waals surface area contributed by atoms with Crippen LogP contribution in [-0.2, 0) is 28.6 Å². The molecule has 0 aromatic rings. The molecule has 0 saturated heterocycles. The third-order valence-electron chi connectivity index (χ3n) is 10.5. The van der Waals surface area contributed by atoms with E-state index < -0.39 is 6.10 Å². The standard InChI is InChI=1S/C55H92O6/c1-4-7-10-13-16-19-21-23-25-26-27-28-30-31-33-36-39-42-45-48-54(57)60-51-52(50-59-53(56)47-44-41-38-35-18-15-12-9-6-3)61-55(58)49-46-43-40-37-34-32-29-24-22-20-17-14-11-8-5-2/h8-9,11-12,14,16-23,35,52H,4-7,10,13,15,24-34,36-51H2,1-3H3/b11-8-,12-9-,17-14-,19-16-,22-20-,23-21-,35-18-. The van der Waals surface area contributed by atoms with E-state index in [4.69, 9.17) is 14.2 Å². The summed E-state index contributed by atoms with van der Waals surface area (Å²) >= 11 is 0. The SMILES string of the molecule is CC\C=C/C=C\C=C/CCCCCCCCCC(=O)OC(COC(=O)CCCC/C=C\C/C=C\CC)COC(=O)CCCCCCCCCCCC/C=C\C=C/CCCCC. The fourth-order valence-corrected chi connectivity index (χ4v) is 6.70. The van der Waals surface area contributed by atoms with Crippen molar-refractivity contribution in [1.82, 2.24) is 0 Å². The molecule has 0 aliphatic carbocycles. The predicted molar refractivity (Wildman–Crippen MR) is 261 cm³/mol. The van der Waals surface area contributed by atoms with Gasteiger partial charge in [-0.1, -0.05) is 202 Å². The molecule has 0 aliphatic heterocycles. The second-order valence-electron chi connectivity index (χ2n) is 16.4. The summed E-state index contributed by atoms with van der Waals surface area (Å²) in [4.78, 5) is 37.8. The second kappa shape index (κ2) is 49.2. The van der Waals surface area contributed by atoms with Gasteiger partial charge in [0.25, 0.3) is 0 Å². The molecule has 0 N–H and O–H groups in total. The van der Waals surface area contributed by atoms with Crippen molar-refractivity contribution >= 4 is 17.9 Å². The number of carbonyl (C=O) groups excluding carboxylic acids is 3. The molecule has 0 fully saturated rings. The molecule has 0 radical (unpaired) electrons. The molecule has 6 heteroatoms. The number of hydrogen-bond donors (Lipinski definition) is 0. The molecular formula is C55H92O6. The van der Waals surface area contributed by atoms with Crippen molar-refractivity contribution in [2.45, 2.75) is 232 Å². The lowest BCUT2D eigenvalue weighted by atomic mass is 10.1. The smallest absolute Gasteiger partial charge is 0.306 e. The number of ether oxygens (including phenoxy) is 3. The maximum atomic E-state index is 12.8. The van der Waals surface area contributed by atoms with Gasteiger partial charge in [-0.25, -0.2) is 0 Å². The zero-order valence-electron chi connectivity index (χ0n) is 39.7. The first kappa shape index (κ1) is 57.6. The monoisotopic (exact) mass is 849 g/mol. The quantitative estimate of drug-likeness (QED) is 0.0200. The second-order valence-corrected chi connectivity index (χ2v) is 16.4. The van der Waals surface area contributed by atoms with E-state index in [1.807, 2.05) is 0 Å². The Labute approximate surface area is 375 Å². The van der Waals surface area contributed by atoms with Gasteiger partial charge in [0, 0.05) is 19.3 Å². The molecular weight excluding hydrogens is 757 g/mol. The summed E-state index contributed by atoms with van der Waals surface area (Å²) in [6.07, 6.45) is 62.9. The zero-order chi connectivity index (χ0) is 44.4. The molecule has 0 saturated carbocycles. The van der Waals surface area contributed by atoms with Crippen molar-refractivity contribution in [3.8, 4) is 0 Å². The lowest BCUT2D eigenvalue weighted by Crippen LogP contribution is -2.30. The van der Waals surface area contributed by atoms with Crippen LogP contribution >= 0.6 is 0 Å². The van der Waals surface area contributed by atoms with Crippen molar-refractivity contribution in [2.75, 3.05) is 13.2 Å².